The lowest BCUT2D eigenvalue weighted by molar-refractivity contribution is -0.132. The number of carbonyl (C=O) groups excluding carboxylic acids is 2. The molecule has 0 radical (unpaired) electrons. The summed E-state index contributed by atoms with van der Waals surface area (Å²) in [4.78, 5) is 31.2. The smallest absolute Gasteiger partial charge is 0.321 e. The Bertz CT molecular complexity index is 758. The maximum atomic E-state index is 13.9. The van der Waals surface area contributed by atoms with E-state index in [4.69, 9.17) is 11.6 Å². The lowest BCUT2D eigenvalue weighted by Crippen LogP contribution is -2.44. The summed E-state index contributed by atoms with van der Waals surface area (Å²) < 4.78 is 13.9. The topological polar surface area (TPSA) is 55.9 Å². The molecule has 0 spiro atoms. The first kappa shape index (κ1) is 19.5. The molecule has 3 amide bonds. The third-order valence-electron chi connectivity index (χ3n) is 5.88. The second kappa shape index (κ2) is 8.25. The molecule has 0 bridgehead atoms. The van der Waals surface area contributed by atoms with Crippen LogP contribution < -0.4 is 5.32 Å². The van der Waals surface area contributed by atoms with Crippen molar-refractivity contribution >= 4 is 29.2 Å². The number of likely N-dealkylation sites (tertiary alicyclic amines) is 1. The molecule has 1 saturated carbocycles. The van der Waals surface area contributed by atoms with Gasteiger partial charge in [-0.2, -0.15) is 0 Å². The number of rotatable bonds is 4. The molecule has 2 aliphatic heterocycles. The van der Waals surface area contributed by atoms with Gasteiger partial charge in [0, 0.05) is 44.3 Å². The second-order valence-corrected chi connectivity index (χ2v) is 8.40. The van der Waals surface area contributed by atoms with Gasteiger partial charge in [-0.25, -0.2) is 9.18 Å². The van der Waals surface area contributed by atoms with Crippen LogP contribution in [0.15, 0.2) is 18.2 Å². The summed E-state index contributed by atoms with van der Waals surface area (Å²) in [5, 5.41) is 2.91. The standard InChI is InChI=1S/C20H26ClFN4O2/c21-15-4-5-17(16(22)12-15)23-20(28)25-8-1-7-24(10-11-25)18-6-9-26(19(18)27)13-14-2-3-14/h4-5,12,14,18H,1-3,6-11,13H2,(H,23,28)/t18-/m1/s1. The van der Waals surface area contributed by atoms with Gasteiger partial charge in [-0.1, -0.05) is 11.6 Å². The van der Waals surface area contributed by atoms with Gasteiger partial charge in [0.2, 0.25) is 5.91 Å². The first-order valence-electron chi connectivity index (χ1n) is 10.0. The molecule has 28 heavy (non-hydrogen) atoms. The van der Waals surface area contributed by atoms with Crippen LogP contribution in [-0.4, -0.2) is 71.9 Å². The Kier molecular flexibility index (Phi) is 5.73. The van der Waals surface area contributed by atoms with Gasteiger partial charge < -0.3 is 15.1 Å². The largest absolute Gasteiger partial charge is 0.341 e. The molecule has 8 heteroatoms. The zero-order valence-electron chi connectivity index (χ0n) is 15.9. The van der Waals surface area contributed by atoms with Gasteiger partial charge in [-0.05, 0) is 49.8 Å². The molecule has 3 aliphatic rings. The van der Waals surface area contributed by atoms with Crippen molar-refractivity contribution in [3.05, 3.63) is 29.0 Å². The fourth-order valence-corrected chi connectivity index (χ4v) is 4.25. The van der Waals surface area contributed by atoms with E-state index >= 15 is 0 Å². The number of anilines is 1. The Morgan fingerprint density at radius 2 is 1.96 bits per heavy atom. The van der Waals surface area contributed by atoms with Gasteiger partial charge >= 0.3 is 6.03 Å². The van der Waals surface area contributed by atoms with E-state index in [0.717, 1.165) is 32.5 Å². The van der Waals surface area contributed by atoms with E-state index in [1.54, 1.807) is 11.0 Å². The van der Waals surface area contributed by atoms with Crippen molar-refractivity contribution in [1.29, 1.82) is 0 Å². The highest BCUT2D eigenvalue weighted by atomic mass is 35.5. The molecular formula is C20H26ClFN4O2. The molecule has 1 aromatic rings. The Labute approximate surface area is 169 Å². The molecule has 152 valence electrons. The number of carbonyl (C=O) groups is 2. The summed E-state index contributed by atoms with van der Waals surface area (Å²) in [7, 11) is 0. The van der Waals surface area contributed by atoms with Crippen molar-refractivity contribution in [2.45, 2.75) is 31.7 Å². The van der Waals surface area contributed by atoms with E-state index in [9.17, 15) is 14.0 Å². The van der Waals surface area contributed by atoms with Gasteiger partial charge in [-0.15, -0.1) is 0 Å². The fourth-order valence-electron chi connectivity index (χ4n) is 4.09. The Hall–Kier alpha value is -1.86. The maximum absolute atomic E-state index is 13.9. The van der Waals surface area contributed by atoms with Crippen molar-refractivity contribution in [2.24, 2.45) is 5.92 Å². The fraction of sp³-hybridized carbons (Fsp3) is 0.600. The van der Waals surface area contributed by atoms with E-state index in [0.29, 0.717) is 25.6 Å². The van der Waals surface area contributed by atoms with Crippen LogP contribution in [0.2, 0.25) is 5.02 Å². The Morgan fingerprint density at radius 3 is 2.71 bits per heavy atom. The molecule has 0 aromatic heterocycles. The lowest BCUT2D eigenvalue weighted by atomic mass is 10.2. The zero-order chi connectivity index (χ0) is 19.7. The SMILES string of the molecule is O=C(Nc1ccc(Cl)cc1F)N1CCCN([C@@H]2CCN(CC3CC3)C2=O)CC1. The molecule has 6 nitrogen and oxygen atoms in total. The van der Waals surface area contributed by atoms with Gasteiger partial charge in [0.1, 0.15) is 5.82 Å². The van der Waals surface area contributed by atoms with Crippen LogP contribution in [0.25, 0.3) is 0 Å². The van der Waals surface area contributed by atoms with Gasteiger partial charge in [0.05, 0.1) is 11.7 Å². The van der Waals surface area contributed by atoms with E-state index in [1.807, 2.05) is 4.90 Å². The number of nitrogens with one attached hydrogen (secondary N) is 1. The molecule has 1 atom stereocenters. The third kappa shape index (κ3) is 4.41. The summed E-state index contributed by atoms with van der Waals surface area (Å²) in [5.41, 5.74) is 0.122. The predicted octanol–water partition coefficient (Wildman–Crippen LogP) is 3.03. The quantitative estimate of drug-likeness (QED) is 0.833. The lowest BCUT2D eigenvalue weighted by Gasteiger charge is -2.26. The molecule has 3 fully saturated rings. The first-order valence-corrected chi connectivity index (χ1v) is 10.4. The maximum Gasteiger partial charge on any atom is 0.321 e. The normalized spacial score (nSPS) is 23.8. The van der Waals surface area contributed by atoms with Crippen LogP contribution in [0.4, 0.5) is 14.9 Å². The van der Waals surface area contributed by atoms with Gasteiger partial charge in [-0.3, -0.25) is 9.69 Å². The molecular weight excluding hydrogens is 383 g/mol. The number of halogens is 2. The summed E-state index contributed by atoms with van der Waals surface area (Å²) in [6.07, 6.45) is 4.16. The van der Waals surface area contributed by atoms with Crippen molar-refractivity contribution in [3.63, 3.8) is 0 Å². The van der Waals surface area contributed by atoms with Gasteiger partial charge in [0.15, 0.2) is 0 Å². The number of hydrogen-bond acceptors (Lipinski definition) is 3. The molecule has 4 rings (SSSR count). The molecule has 1 aromatic carbocycles. The number of hydrogen-bond donors (Lipinski definition) is 1. The number of amides is 3. The Morgan fingerprint density at radius 1 is 1.14 bits per heavy atom. The van der Waals surface area contributed by atoms with Crippen molar-refractivity contribution in [1.82, 2.24) is 14.7 Å². The van der Waals surface area contributed by atoms with Gasteiger partial charge in [0.25, 0.3) is 0 Å². The number of nitrogens with zero attached hydrogens (tertiary/aromatic N) is 3. The average Bonchev–Trinajstić information content (AvgIpc) is 3.45. The highest BCUT2D eigenvalue weighted by molar-refractivity contribution is 6.30. The third-order valence-corrected chi connectivity index (χ3v) is 6.11. The molecule has 2 heterocycles. The van der Waals surface area contributed by atoms with Crippen LogP contribution in [-0.2, 0) is 4.79 Å². The average molecular weight is 409 g/mol. The highest BCUT2D eigenvalue weighted by Crippen LogP contribution is 2.31. The first-order chi connectivity index (χ1) is 13.5. The minimum atomic E-state index is -0.551. The Balaban J connectivity index is 1.32. The predicted molar refractivity (Wildman–Crippen MR) is 106 cm³/mol. The zero-order valence-corrected chi connectivity index (χ0v) is 16.6. The summed E-state index contributed by atoms with van der Waals surface area (Å²) >= 11 is 5.76. The van der Waals surface area contributed by atoms with Crippen molar-refractivity contribution in [2.75, 3.05) is 44.6 Å². The highest BCUT2D eigenvalue weighted by Gasteiger charge is 2.38. The molecule has 1 aliphatic carbocycles. The van der Waals surface area contributed by atoms with Crippen LogP contribution in [0, 0.1) is 11.7 Å². The molecule has 1 N–H and O–H groups in total. The minimum absolute atomic E-state index is 0.0597. The van der Waals surface area contributed by atoms with Crippen LogP contribution in [0.5, 0.6) is 0 Å². The van der Waals surface area contributed by atoms with E-state index in [2.05, 4.69) is 10.2 Å². The molecule has 2 saturated heterocycles. The summed E-state index contributed by atoms with van der Waals surface area (Å²) in [5.74, 6) is 0.400. The van der Waals surface area contributed by atoms with Crippen LogP contribution >= 0.6 is 11.6 Å². The number of benzene rings is 1. The molecule has 0 unspecified atom stereocenters. The summed E-state index contributed by atoms with van der Waals surface area (Å²) in [6.45, 7) is 4.32. The van der Waals surface area contributed by atoms with Crippen LogP contribution in [0.1, 0.15) is 25.7 Å². The van der Waals surface area contributed by atoms with Crippen molar-refractivity contribution < 1.29 is 14.0 Å². The second-order valence-electron chi connectivity index (χ2n) is 7.96. The number of urea groups is 1. The van der Waals surface area contributed by atoms with E-state index in [-0.39, 0.29) is 28.7 Å². The van der Waals surface area contributed by atoms with Crippen LogP contribution in [0.3, 0.4) is 0 Å². The minimum Gasteiger partial charge on any atom is -0.341 e. The van der Waals surface area contributed by atoms with E-state index < -0.39 is 5.82 Å². The summed E-state index contributed by atoms with van der Waals surface area (Å²) in [6, 6.07) is 3.81. The monoisotopic (exact) mass is 408 g/mol. The van der Waals surface area contributed by atoms with Crippen molar-refractivity contribution in [3.8, 4) is 0 Å². The van der Waals surface area contributed by atoms with E-state index in [1.165, 1.54) is 25.0 Å².